The Morgan fingerprint density at radius 2 is 2.03 bits per heavy atom. The fourth-order valence-corrected chi connectivity index (χ4v) is 2.37. The number of benzene rings is 1. The molecule has 0 aliphatic rings. The van der Waals surface area contributed by atoms with Crippen LogP contribution in [0, 0.1) is 10.1 Å². The van der Waals surface area contributed by atoms with Crippen LogP contribution in [0.3, 0.4) is 0 Å². The first-order chi connectivity index (χ1) is 14.3. The molecule has 0 aliphatic heterocycles. The van der Waals surface area contributed by atoms with Crippen LogP contribution in [0.25, 0.3) is 0 Å². The summed E-state index contributed by atoms with van der Waals surface area (Å²) in [4.78, 5) is 46.3. The minimum Gasteiger partial charge on any atom is -0.496 e. The van der Waals surface area contributed by atoms with E-state index < -0.39 is 28.8 Å². The van der Waals surface area contributed by atoms with Gasteiger partial charge in [-0.15, -0.1) is 0 Å². The summed E-state index contributed by atoms with van der Waals surface area (Å²) in [5.41, 5.74) is -0.400. The van der Waals surface area contributed by atoms with Gasteiger partial charge in [-0.3, -0.25) is 24.5 Å². The quantitative estimate of drug-likeness (QED) is 0.258. The maximum absolute atomic E-state index is 12.2. The van der Waals surface area contributed by atoms with E-state index in [9.17, 15) is 24.5 Å². The summed E-state index contributed by atoms with van der Waals surface area (Å²) in [5.74, 6) is -1.34. The smallest absolute Gasteiger partial charge is 0.306 e. The largest absolute Gasteiger partial charge is 0.496 e. The predicted octanol–water partition coefficient (Wildman–Crippen LogP) is 2.28. The van der Waals surface area contributed by atoms with Crippen LogP contribution >= 0.6 is 0 Å². The number of carbonyl (C=O) groups excluding carboxylic acids is 3. The zero-order chi connectivity index (χ0) is 22.1. The molecule has 0 radical (unpaired) electrons. The van der Waals surface area contributed by atoms with Crippen LogP contribution in [0.15, 0.2) is 41.0 Å². The molecule has 0 saturated carbocycles. The number of hydrogen-bond acceptors (Lipinski definition) is 8. The van der Waals surface area contributed by atoms with Crippen molar-refractivity contribution in [3.05, 3.63) is 52.5 Å². The maximum atomic E-state index is 12.2. The number of anilines is 1. The summed E-state index contributed by atoms with van der Waals surface area (Å²) in [6.07, 6.45) is 0.471. The number of methoxy groups -OCH3 is 1. The summed E-state index contributed by atoms with van der Waals surface area (Å²) in [7, 11) is 1.36. The molecule has 11 heteroatoms. The van der Waals surface area contributed by atoms with Crippen LogP contribution in [0.4, 0.5) is 11.4 Å². The number of esters is 1. The van der Waals surface area contributed by atoms with E-state index in [4.69, 9.17) is 13.9 Å². The Morgan fingerprint density at radius 3 is 2.67 bits per heavy atom. The molecular formula is C19H21N3O8. The number of furan rings is 1. The molecule has 0 bridgehead atoms. The monoisotopic (exact) mass is 419 g/mol. The first kappa shape index (κ1) is 22.4. The number of rotatable bonds is 10. The Labute approximate surface area is 171 Å². The Hall–Kier alpha value is -3.89. The van der Waals surface area contributed by atoms with Gasteiger partial charge in [0.05, 0.1) is 24.4 Å². The van der Waals surface area contributed by atoms with Gasteiger partial charge in [0.2, 0.25) is 0 Å². The molecule has 1 atom stereocenters. The van der Waals surface area contributed by atoms with Gasteiger partial charge in [-0.25, -0.2) is 0 Å². The second-order valence-electron chi connectivity index (χ2n) is 6.10. The highest BCUT2D eigenvalue weighted by Crippen LogP contribution is 2.29. The second-order valence-corrected chi connectivity index (χ2v) is 6.10. The fourth-order valence-electron chi connectivity index (χ4n) is 2.37. The highest BCUT2D eigenvalue weighted by atomic mass is 16.6. The number of nitro benzene ring substituents is 1. The summed E-state index contributed by atoms with van der Waals surface area (Å²) < 4.78 is 14.9. The van der Waals surface area contributed by atoms with Crippen LogP contribution in [0.1, 0.15) is 30.3 Å². The van der Waals surface area contributed by atoms with E-state index in [1.54, 1.807) is 6.07 Å². The molecule has 2 aromatic rings. The second kappa shape index (κ2) is 10.6. The van der Waals surface area contributed by atoms with Gasteiger partial charge in [0.1, 0.15) is 11.4 Å². The molecule has 0 fully saturated rings. The Morgan fingerprint density at radius 1 is 1.27 bits per heavy atom. The van der Waals surface area contributed by atoms with Crippen molar-refractivity contribution in [3.63, 3.8) is 0 Å². The Kier molecular flexibility index (Phi) is 7.91. The molecule has 30 heavy (non-hydrogen) atoms. The van der Waals surface area contributed by atoms with Crippen LogP contribution < -0.4 is 15.4 Å². The zero-order valence-corrected chi connectivity index (χ0v) is 16.4. The van der Waals surface area contributed by atoms with Crippen molar-refractivity contribution in [3.8, 4) is 5.75 Å². The average Bonchev–Trinajstić information content (AvgIpc) is 3.26. The molecule has 2 amide bonds. The molecule has 1 aromatic heterocycles. The number of amides is 2. The van der Waals surface area contributed by atoms with E-state index in [0.29, 0.717) is 6.42 Å². The summed E-state index contributed by atoms with van der Waals surface area (Å²) >= 11 is 0. The number of nitrogens with one attached hydrogen (secondary N) is 2. The molecule has 11 nitrogen and oxygen atoms in total. The number of nitro groups is 1. The van der Waals surface area contributed by atoms with Crippen molar-refractivity contribution in [2.24, 2.45) is 0 Å². The summed E-state index contributed by atoms with van der Waals surface area (Å²) in [5, 5.41) is 16.1. The van der Waals surface area contributed by atoms with Crippen LogP contribution in [-0.2, 0) is 14.3 Å². The topological polar surface area (TPSA) is 150 Å². The maximum Gasteiger partial charge on any atom is 0.306 e. The fraction of sp³-hybridized carbons (Fsp3) is 0.316. The molecule has 2 N–H and O–H groups in total. The Bertz CT molecular complexity index is 911. The lowest BCUT2D eigenvalue weighted by atomic mass is 10.2. The normalized spacial score (nSPS) is 11.3. The van der Waals surface area contributed by atoms with E-state index in [-0.39, 0.29) is 35.9 Å². The van der Waals surface area contributed by atoms with Crippen molar-refractivity contribution >= 4 is 29.2 Å². The van der Waals surface area contributed by atoms with E-state index in [1.165, 1.54) is 44.6 Å². The minimum atomic E-state index is -1.17. The van der Waals surface area contributed by atoms with Crippen LogP contribution in [0.5, 0.6) is 5.75 Å². The first-order valence-corrected chi connectivity index (χ1v) is 8.96. The van der Waals surface area contributed by atoms with Crippen molar-refractivity contribution in [2.45, 2.75) is 25.9 Å². The molecule has 0 spiro atoms. The van der Waals surface area contributed by atoms with Crippen molar-refractivity contribution in [1.82, 2.24) is 5.32 Å². The van der Waals surface area contributed by atoms with E-state index in [2.05, 4.69) is 10.6 Å². The Balaban J connectivity index is 1.79. The molecule has 0 saturated heterocycles. The van der Waals surface area contributed by atoms with Gasteiger partial charge in [0.25, 0.3) is 17.5 Å². The molecule has 1 unspecified atom stereocenters. The molecule has 1 aromatic carbocycles. The lowest BCUT2D eigenvalue weighted by molar-refractivity contribution is -0.384. The highest BCUT2D eigenvalue weighted by molar-refractivity contribution is 5.97. The van der Waals surface area contributed by atoms with E-state index in [1.807, 2.05) is 0 Å². The van der Waals surface area contributed by atoms with Crippen molar-refractivity contribution in [2.75, 3.05) is 19.0 Å². The first-order valence-electron chi connectivity index (χ1n) is 8.96. The minimum absolute atomic E-state index is 0.0290. The van der Waals surface area contributed by atoms with Gasteiger partial charge >= 0.3 is 5.97 Å². The van der Waals surface area contributed by atoms with Gasteiger partial charge < -0.3 is 24.5 Å². The van der Waals surface area contributed by atoms with Crippen molar-refractivity contribution < 1.29 is 33.2 Å². The standard InChI is InChI=1S/C19H21N3O8/c1-12(18(24)21-14-8-7-13(28-2)11-15(14)22(26)27)30-17(23)6-3-9-20-19(25)16-5-4-10-29-16/h4-5,7-8,10-12H,3,6,9H2,1-2H3,(H,20,25)(H,21,24). The lowest BCUT2D eigenvalue weighted by Crippen LogP contribution is -2.30. The third-order valence-corrected chi connectivity index (χ3v) is 3.93. The summed E-state index contributed by atoms with van der Waals surface area (Å²) in [6.45, 7) is 1.56. The van der Waals surface area contributed by atoms with Gasteiger partial charge in [-0.2, -0.15) is 0 Å². The number of carbonyl (C=O) groups is 3. The number of ether oxygens (including phenoxy) is 2. The molecule has 1 heterocycles. The van der Waals surface area contributed by atoms with E-state index in [0.717, 1.165) is 0 Å². The number of nitrogens with zero attached hydrogens (tertiary/aromatic N) is 1. The van der Waals surface area contributed by atoms with Gasteiger partial charge in [-0.05, 0) is 37.6 Å². The third kappa shape index (κ3) is 6.33. The molecular weight excluding hydrogens is 398 g/mol. The number of hydrogen-bond donors (Lipinski definition) is 2. The average molecular weight is 419 g/mol. The van der Waals surface area contributed by atoms with E-state index >= 15 is 0 Å². The SMILES string of the molecule is COc1ccc(NC(=O)C(C)OC(=O)CCCNC(=O)c2ccco2)c([N+](=O)[O-])c1. The summed E-state index contributed by atoms with van der Waals surface area (Å²) in [6, 6.07) is 7.04. The van der Waals surface area contributed by atoms with Crippen molar-refractivity contribution in [1.29, 1.82) is 0 Å². The van der Waals surface area contributed by atoms with Crippen LogP contribution in [0.2, 0.25) is 0 Å². The highest BCUT2D eigenvalue weighted by Gasteiger charge is 2.22. The molecule has 0 aliphatic carbocycles. The van der Waals surface area contributed by atoms with Gasteiger partial charge in [0.15, 0.2) is 11.9 Å². The predicted molar refractivity (Wildman–Crippen MR) is 104 cm³/mol. The van der Waals surface area contributed by atoms with Gasteiger partial charge in [-0.1, -0.05) is 0 Å². The molecule has 160 valence electrons. The van der Waals surface area contributed by atoms with Crippen LogP contribution in [-0.4, -0.2) is 42.5 Å². The molecule has 2 rings (SSSR count). The zero-order valence-electron chi connectivity index (χ0n) is 16.4. The lowest BCUT2D eigenvalue weighted by Gasteiger charge is -2.14. The third-order valence-electron chi connectivity index (χ3n) is 3.93. The van der Waals surface area contributed by atoms with Gasteiger partial charge in [0, 0.05) is 13.0 Å².